The number of halogens is 2. The molecule has 1 aromatic carbocycles. The summed E-state index contributed by atoms with van der Waals surface area (Å²) in [5.74, 6) is 0.791. The molecule has 3 aromatic rings. The minimum absolute atomic E-state index is 0.0805. The summed E-state index contributed by atoms with van der Waals surface area (Å²) >= 11 is 0. The van der Waals surface area contributed by atoms with Gasteiger partial charge in [-0.3, -0.25) is 0 Å². The molecule has 8 nitrogen and oxygen atoms in total. The monoisotopic (exact) mass is 363 g/mol. The van der Waals surface area contributed by atoms with Gasteiger partial charge in [-0.15, -0.1) is 8.78 Å². The summed E-state index contributed by atoms with van der Waals surface area (Å²) in [5, 5.41) is 13.2. The summed E-state index contributed by atoms with van der Waals surface area (Å²) in [7, 11) is 3.69. The maximum absolute atomic E-state index is 13.1. The summed E-state index contributed by atoms with van der Waals surface area (Å²) in [5.41, 5.74) is 1.45. The number of alkyl halides is 2. The molecule has 0 saturated carbocycles. The molecular weight excluding hydrogens is 348 g/mol. The SMILES string of the molecule is CN(C)c1cc(C(O)Nc2nc3cc4c(cc3[nH]2)OC(F)(F)O4)ccn1. The van der Waals surface area contributed by atoms with Crippen LogP contribution < -0.4 is 19.7 Å². The third-order valence-electron chi connectivity index (χ3n) is 3.82. The molecule has 0 amide bonds. The fourth-order valence-corrected chi connectivity index (χ4v) is 2.58. The molecular formula is C16H15F2N5O3. The van der Waals surface area contributed by atoms with E-state index in [0.29, 0.717) is 22.4 Å². The predicted molar refractivity (Wildman–Crippen MR) is 89.4 cm³/mol. The minimum atomic E-state index is -3.68. The van der Waals surface area contributed by atoms with E-state index in [0.717, 1.165) is 0 Å². The third-order valence-corrected chi connectivity index (χ3v) is 3.82. The van der Waals surface area contributed by atoms with Crippen molar-refractivity contribution >= 4 is 22.8 Å². The lowest BCUT2D eigenvalue weighted by Crippen LogP contribution is -2.25. The van der Waals surface area contributed by atoms with Gasteiger partial charge >= 0.3 is 6.29 Å². The summed E-state index contributed by atoms with van der Waals surface area (Å²) in [4.78, 5) is 13.1. The molecule has 1 unspecified atom stereocenters. The lowest BCUT2D eigenvalue weighted by molar-refractivity contribution is -0.286. The highest BCUT2D eigenvalue weighted by Gasteiger charge is 2.43. The molecule has 2 aromatic heterocycles. The highest BCUT2D eigenvalue weighted by molar-refractivity contribution is 5.82. The molecule has 4 rings (SSSR count). The maximum Gasteiger partial charge on any atom is 0.586 e. The summed E-state index contributed by atoms with van der Waals surface area (Å²) in [6.45, 7) is 0. The van der Waals surface area contributed by atoms with Gasteiger partial charge in [0, 0.05) is 38.0 Å². The quantitative estimate of drug-likeness (QED) is 0.613. The molecule has 0 fully saturated rings. The van der Waals surface area contributed by atoms with E-state index in [1.54, 1.807) is 18.3 Å². The number of aliphatic hydroxyl groups is 1. The highest BCUT2D eigenvalue weighted by Crippen LogP contribution is 2.43. The van der Waals surface area contributed by atoms with Gasteiger partial charge < -0.3 is 29.8 Å². The predicted octanol–water partition coefficient (Wildman–Crippen LogP) is 2.45. The molecule has 0 radical (unpaired) electrons. The third kappa shape index (κ3) is 2.94. The standard InChI is InChI=1S/C16H15F2N5O3/c1-23(2)13-5-8(3-4-19-13)14(24)22-15-20-9-6-11-12(7-10(9)21-15)26-16(17,18)25-11/h3-7,14,24H,1-2H3,(H2,20,21,22). The van der Waals surface area contributed by atoms with E-state index in [2.05, 4.69) is 29.7 Å². The van der Waals surface area contributed by atoms with Crippen molar-refractivity contribution in [3.63, 3.8) is 0 Å². The van der Waals surface area contributed by atoms with E-state index in [9.17, 15) is 13.9 Å². The number of rotatable bonds is 4. The molecule has 26 heavy (non-hydrogen) atoms. The Morgan fingerprint density at radius 3 is 2.69 bits per heavy atom. The zero-order valence-corrected chi connectivity index (χ0v) is 13.8. The molecule has 3 N–H and O–H groups in total. The second-order valence-electron chi connectivity index (χ2n) is 5.96. The van der Waals surface area contributed by atoms with Crippen LogP contribution in [0, 0.1) is 0 Å². The van der Waals surface area contributed by atoms with E-state index in [4.69, 9.17) is 0 Å². The van der Waals surface area contributed by atoms with Crippen LogP contribution in [-0.4, -0.2) is 40.4 Å². The van der Waals surface area contributed by atoms with Crippen LogP contribution in [0.5, 0.6) is 11.5 Å². The van der Waals surface area contributed by atoms with Crippen molar-refractivity contribution < 1.29 is 23.4 Å². The number of nitrogens with zero attached hydrogens (tertiary/aromatic N) is 3. The summed E-state index contributed by atoms with van der Waals surface area (Å²) in [6, 6.07) is 6.12. The lowest BCUT2D eigenvalue weighted by atomic mass is 10.2. The summed E-state index contributed by atoms with van der Waals surface area (Å²) in [6.07, 6.45) is -3.13. The van der Waals surface area contributed by atoms with Crippen LogP contribution in [0.15, 0.2) is 30.5 Å². The average molecular weight is 363 g/mol. The zero-order chi connectivity index (χ0) is 18.5. The van der Waals surface area contributed by atoms with Gasteiger partial charge in [0.2, 0.25) is 5.95 Å². The van der Waals surface area contributed by atoms with Gasteiger partial charge in [0.05, 0.1) is 11.0 Å². The number of aliphatic hydroxyl groups excluding tert-OH is 1. The van der Waals surface area contributed by atoms with Crippen LogP contribution >= 0.6 is 0 Å². The first-order valence-corrected chi connectivity index (χ1v) is 7.68. The van der Waals surface area contributed by atoms with Gasteiger partial charge in [-0.2, -0.15) is 0 Å². The molecule has 3 heterocycles. The van der Waals surface area contributed by atoms with Gasteiger partial charge in [0.25, 0.3) is 0 Å². The Labute approximate surface area is 146 Å². The molecule has 0 aliphatic carbocycles. The fourth-order valence-electron chi connectivity index (χ4n) is 2.58. The van der Waals surface area contributed by atoms with Crippen molar-refractivity contribution in [2.24, 2.45) is 0 Å². The number of imidazole rings is 1. The first-order chi connectivity index (χ1) is 12.3. The number of pyridine rings is 1. The smallest absolute Gasteiger partial charge is 0.395 e. The number of hydrogen-bond acceptors (Lipinski definition) is 7. The Kier molecular flexibility index (Phi) is 3.58. The van der Waals surface area contributed by atoms with Crippen molar-refractivity contribution in [1.29, 1.82) is 0 Å². The first-order valence-electron chi connectivity index (χ1n) is 7.68. The number of hydrogen-bond donors (Lipinski definition) is 3. The molecule has 136 valence electrons. The number of fused-ring (bicyclic) bond motifs is 2. The fraction of sp³-hybridized carbons (Fsp3) is 0.250. The van der Waals surface area contributed by atoms with Crippen LogP contribution in [0.1, 0.15) is 11.8 Å². The van der Waals surface area contributed by atoms with Crippen LogP contribution in [0.3, 0.4) is 0 Å². The molecule has 0 bridgehead atoms. The van der Waals surface area contributed by atoms with Crippen molar-refractivity contribution in [2.45, 2.75) is 12.5 Å². The van der Waals surface area contributed by atoms with Crippen molar-refractivity contribution in [2.75, 3.05) is 24.3 Å². The van der Waals surface area contributed by atoms with E-state index in [1.807, 2.05) is 19.0 Å². The maximum atomic E-state index is 13.1. The van der Waals surface area contributed by atoms with Gasteiger partial charge in [0.15, 0.2) is 17.7 Å². The first kappa shape index (κ1) is 16.3. The topological polar surface area (TPSA) is 95.5 Å². The highest BCUT2D eigenvalue weighted by atomic mass is 19.3. The number of nitrogens with one attached hydrogen (secondary N) is 2. The van der Waals surface area contributed by atoms with Crippen LogP contribution in [0.25, 0.3) is 11.0 Å². The Morgan fingerprint density at radius 1 is 1.23 bits per heavy atom. The molecule has 1 aliphatic rings. The second kappa shape index (κ2) is 5.70. The molecule has 0 saturated heterocycles. The number of anilines is 2. The Morgan fingerprint density at radius 2 is 1.96 bits per heavy atom. The molecule has 0 spiro atoms. The normalized spacial score (nSPS) is 15.9. The van der Waals surface area contributed by atoms with Gasteiger partial charge in [-0.25, -0.2) is 9.97 Å². The van der Waals surface area contributed by atoms with Crippen LogP contribution in [0.4, 0.5) is 20.5 Å². The van der Waals surface area contributed by atoms with Gasteiger partial charge in [0.1, 0.15) is 5.82 Å². The number of aromatic amines is 1. The van der Waals surface area contributed by atoms with E-state index < -0.39 is 12.5 Å². The van der Waals surface area contributed by atoms with Crippen LogP contribution in [-0.2, 0) is 0 Å². The second-order valence-corrected chi connectivity index (χ2v) is 5.96. The van der Waals surface area contributed by atoms with Crippen molar-refractivity contribution in [3.05, 3.63) is 36.0 Å². The van der Waals surface area contributed by atoms with E-state index in [1.165, 1.54) is 12.1 Å². The summed E-state index contributed by atoms with van der Waals surface area (Å²) < 4.78 is 35.0. The van der Waals surface area contributed by atoms with Crippen molar-refractivity contribution in [1.82, 2.24) is 15.0 Å². The number of H-pyrrole nitrogens is 1. The van der Waals surface area contributed by atoms with Gasteiger partial charge in [-0.05, 0) is 12.1 Å². The lowest BCUT2D eigenvalue weighted by Gasteiger charge is -2.16. The number of benzene rings is 1. The van der Waals surface area contributed by atoms with Gasteiger partial charge in [-0.1, -0.05) is 0 Å². The Hall–Kier alpha value is -3.14. The zero-order valence-electron chi connectivity index (χ0n) is 13.8. The average Bonchev–Trinajstić information content (AvgIpc) is 3.09. The Bertz CT molecular complexity index is 931. The van der Waals surface area contributed by atoms with Crippen LogP contribution in [0.2, 0.25) is 0 Å². The van der Waals surface area contributed by atoms with Crippen molar-refractivity contribution in [3.8, 4) is 11.5 Å². The number of ether oxygens (including phenoxy) is 2. The van der Waals surface area contributed by atoms with E-state index in [-0.39, 0.29) is 17.4 Å². The molecule has 1 aliphatic heterocycles. The largest absolute Gasteiger partial charge is 0.586 e. The minimum Gasteiger partial charge on any atom is -0.395 e. The number of aromatic nitrogens is 3. The molecule has 1 atom stereocenters. The molecule has 10 heteroatoms. The van der Waals surface area contributed by atoms with E-state index >= 15 is 0 Å². The Balaban J connectivity index is 1.57.